The van der Waals surface area contributed by atoms with E-state index in [9.17, 15) is 14.7 Å². The van der Waals surface area contributed by atoms with E-state index in [4.69, 9.17) is 4.74 Å². The molecule has 0 spiro atoms. The molecule has 1 aromatic heterocycles. The summed E-state index contributed by atoms with van der Waals surface area (Å²) in [6, 6.07) is 15.4. The summed E-state index contributed by atoms with van der Waals surface area (Å²) in [6.45, 7) is 6.49. The second-order valence-electron chi connectivity index (χ2n) is 16.9. The smallest absolute Gasteiger partial charge is 0.407 e. The van der Waals surface area contributed by atoms with Gasteiger partial charge in [0.05, 0.1) is 13.1 Å². The van der Waals surface area contributed by atoms with E-state index < -0.39 is 18.1 Å². The first-order valence-corrected chi connectivity index (χ1v) is 23.4. The van der Waals surface area contributed by atoms with Crippen LogP contribution >= 0.6 is 0 Å². The number of aryl methyl sites for hydroxylation is 2. The molecule has 7 nitrogen and oxygen atoms in total. The number of carboxylic acid groups (broad SMARTS) is 1. The molecular formula is C50H78N3O4+. The van der Waals surface area contributed by atoms with Gasteiger partial charge < -0.3 is 15.2 Å². The highest BCUT2D eigenvalue weighted by Crippen LogP contribution is 2.44. The van der Waals surface area contributed by atoms with Crippen LogP contribution in [0.5, 0.6) is 0 Å². The lowest BCUT2D eigenvalue weighted by Gasteiger charge is -2.17. The molecule has 3 aromatic rings. The van der Waals surface area contributed by atoms with Gasteiger partial charge in [-0.3, -0.25) is 0 Å². The molecule has 1 amide bonds. The van der Waals surface area contributed by atoms with Crippen molar-refractivity contribution in [3.63, 3.8) is 0 Å². The fourth-order valence-corrected chi connectivity index (χ4v) is 8.67. The second kappa shape index (κ2) is 27.9. The number of hydrogen-bond acceptors (Lipinski definition) is 3. The molecule has 1 heterocycles. The van der Waals surface area contributed by atoms with Crippen molar-refractivity contribution < 1.29 is 24.0 Å². The Bertz CT molecular complexity index is 1500. The highest BCUT2D eigenvalue weighted by molar-refractivity contribution is 5.81. The molecule has 0 fully saturated rings. The topological polar surface area (TPSA) is 84.4 Å². The summed E-state index contributed by atoms with van der Waals surface area (Å²) < 4.78 is 10.2. The Kier molecular flexibility index (Phi) is 22.6. The molecule has 57 heavy (non-hydrogen) atoms. The summed E-state index contributed by atoms with van der Waals surface area (Å²) in [4.78, 5) is 25.7. The van der Waals surface area contributed by atoms with Crippen molar-refractivity contribution in [1.82, 2.24) is 9.88 Å². The van der Waals surface area contributed by atoms with Gasteiger partial charge >= 0.3 is 12.1 Å². The first kappa shape index (κ1) is 46.1. The number of benzene rings is 2. The maximum Gasteiger partial charge on any atom is 0.407 e. The number of aromatic nitrogens is 2. The van der Waals surface area contributed by atoms with Crippen molar-refractivity contribution in [2.24, 2.45) is 0 Å². The number of nitrogens with one attached hydrogen (secondary N) is 1. The molecular weight excluding hydrogens is 707 g/mol. The number of amides is 1. The summed E-state index contributed by atoms with van der Waals surface area (Å²) in [7, 11) is 0. The second-order valence-corrected chi connectivity index (χ2v) is 16.9. The molecule has 2 N–H and O–H groups in total. The molecule has 316 valence electrons. The van der Waals surface area contributed by atoms with Crippen LogP contribution < -0.4 is 9.88 Å². The van der Waals surface area contributed by atoms with Crippen LogP contribution in [0.3, 0.4) is 0 Å². The van der Waals surface area contributed by atoms with Gasteiger partial charge in [-0.25, -0.2) is 18.7 Å². The molecule has 0 bridgehead atoms. The van der Waals surface area contributed by atoms with E-state index in [0.29, 0.717) is 0 Å². The molecule has 0 unspecified atom stereocenters. The highest BCUT2D eigenvalue weighted by Gasteiger charge is 2.30. The molecule has 0 radical (unpaired) electrons. The van der Waals surface area contributed by atoms with E-state index in [-0.39, 0.29) is 18.9 Å². The van der Waals surface area contributed by atoms with Crippen LogP contribution in [0.4, 0.5) is 4.79 Å². The molecule has 1 atom stereocenters. The minimum Gasteiger partial charge on any atom is -0.480 e. The molecule has 1 aliphatic carbocycles. The third kappa shape index (κ3) is 17.0. The Labute approximate surface area is 346 Å². The van der Waals surface area contributed by atoms with E-state index >= 15 is 0 Å². The van der Waals surface area contributed by atoms with Crippen molar-refractivity contribution >= 4 is 12.1 Å². The van der Waals surface area contributed by atoms with E-state index in [1.807, 2.05) is 24.3 Å². The zero-order chi connectivity index (χ0) is 40.3. The van der Waals surface area contributed by atoms with Gasteiger partial charge in [-0.1, -0.05) is 197 Å². The number of ether oxygens (including phenoxy) is 1. The molecule has 2 aromatic carbocycles. The van der Waals surface area contributed by atoms with Crippen LogP contribution in [0.25, 0.3) is 11.1 Å². The SMILES string of the molecule is CCCCCCCCCCCCCCCn1c[n+](CCCCCCCCCCCCCC)cc1C[C@H](NC(=O)OCC1c2ccccc2-c2ccccc21)C(=O)O. The normalized spacial score (nSPS) is 12.7. The van der Waals surface area contributed by atoms with E-state index in [2.05, 4.69) is 65.1 Å². The largest absolute Gasteiger partial charge is 0.480 e. The Morgan fingerprint density at radius 1 is 0.649 bits per heavy atom. The Morgan fingerprint density at radius 3 is 1.56 bits per heavy atom. The number of nitrogens with zero attached hydrogens (tertiary/aromatic N) is 2. The Balaban J connectivity index is 1.24. The first-order chi connectivity index (χ1) is 28.0. The summed E-state index contributed by atoms with van der Waals surface area (Å²) >= 11 is 0. The van der Waals surface area contributed by atoms with Gasteiger partial charge in [0.1, 0.15) is 24.5 Å². The average molecular weight is 785 g/mol. The van der Waals surface area contributed by atoms with E-state index in [1.165, 1.54) is 148 Å². The molecule has 1 aliphatic rings. The molecule has 7 heteroatoms. The predicted molar refractivity (Wildman–Crippen MR) is 235 cm³/mol. The fraction of sp³-hybridized carbons (Fsp3) is 0.660. The quantitative estimate of drug-likeness (QED) is 0.0476. The van der Waals surface area contributed by atoms with Crippen LogP contribution in [0.15, 0.2) is 61.1 Å². The third-order valence-electron chi connectivity index (χ3n) is 12.1. The monoisotopic (exact) mass is 785 g/mol. The number of rotatable bonds is 33. The number of carbonyl (C=O) groups is 2. The van der Waals surface area contributed by atoms with E-state index in [0.717, 1.165) is 53.9 Å². The summed E-state index contributed by atoms with van der Waals surface area (Å²) in [5, 5.41) is 13.0. The maximum absolute atomic E-state index is 13.2. The number of fused-ring (bicyclic) bond motifs is 3. The van der Waals surface area contributed by atoms with Crippen LogP contribution in [-0.2, 0) is 29.0 Å². The van der Waals surface area contributed by atoms with Gasteiger partial charge in [-0.15, -0.1) is 0 Å². The first-order valence-electron chi connectivity index (χ1n) is 23.4. The zero-order valence-corrected chi connectivity index (χ0v) is 36.0. The van der Waals surface area contributed by atoms with Crippen molar-refractivity contribution in [1.29, 1.82) is 0 Å². The van der Waals surface area contributed by atoms with Gasteiger partial charge in [-0.05, 0) is 47.9 Å². The van der Waals surface area contributed by atoms with Gasteiger partial charge in [0.25, 0.3) is 0 Å². The number of hydrogen-bond donors (Lipinski definition) is 2. The van der Waals surface area contributed by atoms with Crippen molar-refractivity contribution in [3.8, 4) is 11.1 Å². The molecule has 0 aliphatic heterocycles. The maximum atomic E-state index is 13.2. The zero-order valence-electron chi connectivity index (χ0n) is 36.0. The number of aliphatic carboxylic acids is 1. The molecule has 0 saturated carbocycles. The minimum absolute atomic E-state index is 0.0803. The lowest BCUT2D eigenvalue weighted by molar-refractivity contribution is -0.697. The summed E-state index contributed by atoms with van der Waals surface area (Å²) in [5.41, 5.74) is 5.52. The number of alkyl carbamates (subject to hydrolysis) is 1. The summed E-state index contributed by atoms with van der Waals surface area (Å²) in [5.74, 6) is -1.13. The van der Waals surface area contributed by atoms with Crippen LogP contribution in [0.1, 0.15) is 197 Å². The van der Waals surface area contributed by atoms with Crippen molar-refractivity contribution in [3.05, 3.63) is 77.9 Å². The highest BCUT2D eigenvalue weighted by atomic mass is 16.5. The van der Waals surface area contributed by atoms with Crippen molar-refractivity contribution in [2.45, 2.75) is 206 Å². The number of imidazole rings is 1. The van der Waals surface area contributed by atoms with Gasteiger partial charge in [-0.2, -0.15) is 0 Å². The standard InChI is InChI=1S/C50H77N3O4/c1-3-5-7-9-11-13-15-17-19-21-23-25-31-37-53-41-52(36-30-24-22-20-18-16-14-12-10-8-6-4-2)39-42(53)38-48(49(54)55)51-50(56)57-40-47-45-34-28-26-32-43(45)44-33-27-29-35-46(44)47/h26-29,32-35,39,41,47-48H,3-25,30-31,36-38,40H2,1-2H3,(H-,51,54,55,56)/p+1/t48-/m0/s1. The van der Waals surface area contributed by atoms with Crippen LogP contribution in [0, 0.1) is 0 Å². The predicted octanol–water partition coefficient (Wildman–Crippen LogP) is 13.1. The summed E-state index contributed by atoms with van der Waals surface area (Å²) in [6.07, 6.45) is 36.7. The Hall–Kier alpha value is -3.61. The molecule has 0 saturated heterocycles. The van der Waals surface area contributed by atoms with Crippen LogP contribution in [-0.4, -0.2) is 34.4 Å². The lowest BCUT2D eigenvalue weighted by Crippen LogP contribution is -2.43. The third-order valence-corrected chi connectivity index (χ3v) is 12.1. The lowest BCUT2D eigenvalue weighted by atomic mass is 9.98. The van der Waals surface area contributed by atoms with Gasteiger partial charge in [0.15, 0.2) is 0 Å². The molecule has 4 rings (SSSR count). The van der Waals surface area contributed by atoms with Gasteiger partial charge in [0, 0.05) is 12.3 Å². The minimum atomic E-state index is -1.08. The Morgan fingerprint density at radius 2 is 1.09 bits per heavy atom. The number of unbranched alkanes of at least 4 members (excludes halogenated alkanes) is 23. The van der Waals surface area contributed by atoms with Crippen molar-refractivity contribution in [2.75, 3.05) is 6.61 Å². The van der Waals surface area contributed by atoms with Gasteiger partial charge in [0.2, 0.25) is 6.33 Å². The number of carbonyl (C=O) groups excluding carboxylic acids is 1. The average Bonchev–Trinajstić information content (AvgIpc) is 3.76. The fourth-order valence-electron chi connectivity index (χ4n) is 8.67. The van der Waals surface area contributed by atoms with Crippen LogP contribution in [0.2, 0.25) is 0 Å². The van der Waals surface area contributed by atoms with E-state index in [1.54, 1.807) is 0 Å². The number of carboxylic acids is 1.